The van der Waals surface area contributed by atoms with E-state index in [1.807, 2.05) is 29.0 Å². The Morgan fingerprint density at radius 2 is 1.76 bits per heavy atom. The lowest BCUT2D eigenvalue weighted by Crippen LogP contribution is -2.42. The summed E-state index contributed by atoms with van der Waals surface area (Å²) in [6, 6.07) is 7.97. The molecule has 110 valence electrons. The van der Waals surface area contributed by atoms with Crippen LogP contribution in [0.15, 0.2) is 35.0 Å². The fourth-order valence-corrected chi connectivity index (χ4v) is 3.86. The lowest BCUT2D eigenvalue weighted by Gasteiger charge is -2.14. The van der Waals surface area contributed by atoms with E-state index in [0.29, 0.717) is 13.1 Å². The first-order valence-corrected chi connectivity index (χ1v) is 8.58. The van der Waals surface area contributed by atoms with Crippen molar-refractivity contribution in [1.82, 2.24) is 10.6 Å². The number of rotatable bonds is 5. The first kappa shape index (κ1) is 14.3. The zero-order valence-electron chi connectivity index (χ0n) is 11.4. The molecule has 4 nitrogen and oxygen atoms in total. The van der Waals surface area contributed by atoms with Crippen molar-refractivity contribution >= 4 is 34.5 Å². The predicted octanol–water partition coefficient (Wildman–Crippen LogP) is 2.27. The third-order valence-corrected chi connectivity index (χ3v) is 5.69. The molecule has 0 aliphatic heterocycles. The summed E-state index contributed by atoms with van der Waals surface area (Å²) in [5.41, 5.74) is 0.0673. The molecule has 0 radical (unpaired) electrons. The van der Waals surface area contributed by atoms with E-state index in [9.17, 15) is 9.59 Å². The molecule has 2 N–H and O–H groups in total. The van der Waals surface area contributed by atoms with Gasteiger partial charge in [0.15, 0.2) is 0 Å². The summed E-state index contributed by atoms with van der Waals surface area (Å²) < 4.78 is 0. The minimum Gasteiger partial charge on any atom is -0.347 e. The molecule has 21 heavy (non-hydrogen) atoms. The quantitative estimate of drug-likeness (QED) is 0.830. The molecule has 1 aliphatic carbocycles. The van der Waals surface area contributed by atoms with Crippen molar-refractivity contribution in [1.29, 1.82) is 0 Å². The van der Waals surface area contributed by atoms with Crippen LogP contribution in [0.4, 0.5) is 0 Å². The molecule has 3 rings (SSSR count). The van der Waals surface area contributed by atoms with Crippen molar-refractivity contribution in [2.24, 2.45) is 0 Å². The average molecular weight is 320 g/mol. The summed E-state index contributed by atoms with van der Waals surface area (Å²) in [5.74, 6) is -1.11. The Morgan fingerprint density at radius 3 is 2.38 bits per heavy atom. The van der Waals surface area contributed by atoms with Gasteiger partial charge in [-0.05, 0) is 35.7 Å². The zero-order valence-corrected chi connectivity index (χ0v) is 13.1. The van der Waals surface area contributed by atoms with Gasteiger partial charge in [0.1, 0.15) is 0 Å². The zero-order chi connectivity index (χ0) is 14.7. The molecule has 1 fully saturated rings. The minimum absolute atomic E-state index is 0.0673. The Hall–Kier alpha value is -1.66. The number of thiophene rings is 2. The maximum absolute atomic E-state index is 11.8. The number of carbonyl (C=O) groups excluding carboxylic acids is 2. The van der Waals surface area contributed by atoms with Crippen LogP contribution in [0.5, 0.6) is 0 Å². The van der Waals surface area contributed by atoms with Gasteiger partial charge in [-0.1, -0.05) is 12.1 Å². The fraction of sp³-hybridized carbons (Fsp3) is 0.333. The van der Waals surface area contributed by atoms with Gasteiger partial charge >= 0.3 is 11.8 Å². The molecular weight excluding hydrogens is 304 g/mol. The maximum Gasteiger partial charge on any atom is 0.309 e. The van der Waals surface area contributed by atoms with E-state index in [4.69, 9.17) is 0 Å². The Kier molecular flexibility index (Phi) is 4.07. The van der Waals surface area contributed by atoms with Gasteiger partial charge in [0.2, 0.25) is 0 Å². The van der Waals surface area contributed by atoms with E-state index in [-0.39, 0.29) is 5.41 Å². The highest BCUT2D eigenvalue weighted by molar-refractivity contribution is 7.10. The van der Waals surface area contributed by atoms with Crippen molar-refractivity contribution in [3.05, 3.63) is 44.8 Å². The van der Waals surface area contributed by atoms with Crippen molar-refractivity contribution in [2.45, 2.75) is 24.8 Å². The second-order valence-electron chi connectivity index (χ2n) is 5.20. The summed E-state index contributed by atoms with van der Waals surface area (Å²) in [6.07, 6.45) is 2.15. The normalized spacial score (nSPS) is 15.4. The highest BCUT2D eigenvalue weighted by Gasteiger charge is 2.45. The van der Waals surface area contributed by atoms with Crippen LogP contribution in [0.3, 0.4) is 0 Å². The molecule has 2 heterocycles. The molecule has 0 atom stereocenters. The van der Waals surface area contributed by atoms with Crippen molar-refractivity contribution in [2.75, 3.05) is 6.54 Å². The van der Waals surface area contributed by atoms with Crippen LogP contribution in [0, 0.1) is 0 Å². The number of hydrogen-bond donors (Lipinski definition) is 2. The molecule has 1 aliphatic rings. The van der Waals surface area contributed by atoms with E-state index < -0.39 is 11.8 Å². The predicted molar refractivity (Wildman–Crippen MR) is 84.4 cm³/mol. The van der Waals surface area contributed by atoms with E-state index in [2.05, 4.69) is 16.7 Å². The Morgan fingerprint density at radius 1 is 1.05 bits per heavy atom. The highest BCUT2D eigenvalue weighted by Crippen LogP contribution is 2.49. The standard InChI is InChI=1S/C15H16N2O2S2/c18-13(16-9-11-3-1-7-20-11)14(19)17-10-15(5-6-15)12-4-2-8-21-12/h1-4,7-8H,5-6,9-10H2,(H,16,18)(H,17,19). The van der Waals surface area contributed by atoms with E-state index in [0.717, 1.165) is 17.7 Å². The SMILES string of the molecule is O=C(NCc1cccs1)C(=O)NCC1(c2cccs2)CC1. The summed E-state index contributed by atoms with van der Waals surface area (Å²) in [6.45, 7) is 0.943. The molecular formula is C15H16N2O2S2. The highest BCUT2D eigenvalue weighted by atomic mass is 32.1. The smallest absolute Gasteiger partial charge is 0.309 e. The first-order valence-electron chi connectivity index (χ1n) is 6.82. The topological polar surface area (TPSA) is 58.2 Å². The van der Waals surface area contributed by atoms with Gasteiger partial charge < -0.3 is 10.6 Å². The maximum atomic E-state index is 11.8. The Labute approximate surface area is 131 Å². The fourth-order valence-electron chi connectivity index (χ4n) is 2.23. The van der Waals surface area contributed by atoms with Gasteiger partial charge in [-0.3, -0.25) is 9.59 Å². The molecule has 0 aromatic carbocycles. The van der Waals surface area contributed by atoms with Gasteiger partial charge in [-0.25, -0.2) is 0 Å². The van der Waals surface area contributed by atoms with Crippen molar-refractivity contribution in [3.63, 3.8) is 0 Å². The molecule has 0 unspecified atom stereocenters. The second kappa shape index (κ2) is 5.99. The lowest BCUT2D eigenvalue weighted by atomic mass is 10.1. The number of amides is 2. The summed E-state index contributed by atoms with van der Waals surface area (Å²) in [5, 5.41) is 9.39. The van der Waals surface area contributed by atoms with Gasteiger partial charge in [-0.15, -0.1) is 22.7 Å². The average Bonchev–Trinajstić information content (AvgIpc) is 2.95. The number of hydrogen-bond acceptors (Lipinski definition) is 4. The van der Waals surface area contributed by atoms with Crippen LogP contribution in [0.25, 0.3) is 0 Å². The Bertz CT molecular complexity index is 616. The minimum atomic E-state index is -0.564. The van der Waals surface area contributed by atoms with E-state index >= 15 is 0 Å². The van der Waals surface area contributed by atoms with Crippen molar-refractivity contribution in [3.8, 4) is 0 Å². The molecule has 6 heteroatoms. The van der Waals surface area contributed by atoms with E-state index in [1.165, 1.54) is 4.88 Å². The van der Waals surface area contributed by atoms with Crippen LogP contribution in [0.2, 0.25) is 0 Å². The van der Waals surface area contributed by atoms with Gasteiger partial charge in [-0.2, -0.15) is 0 Å². The van der Waals surface area contributed by atoms with Gasteiger partial charge in [0, 0.05) is 21.7 Å². The number of nitrogens with one attached hydrogen (secondary N) is 2. The van der Waals surface area contributed by atoms with Crippen LogP contribution in [-0.4, -0.2) is 18.4 Å². The molecule has 0 spiro atoms. The summed E-state index contributed by atoms with van der Waals surface area (Å²) >= 11 is 3.27. The molecule has 2 amide bonds. The third kappa shape index (κ3) is 3.33. The molecule has 0 saturated heterocycles. The Balaban J connectivity index is 1.47. The van der Waals surface area contributed by atoms with Crippen LogP contribution >= 0.6 is 22.7 Å². The van der Waals surface area contributed by atoms with Gasteiger partial charge in [0.25, 0.3) is 0 Å². The molecule has 2 aromatic rings. The van der Waals surface area contributed by atoms with Crippen LogP contribution in [0.1, 0.15) is 22.6 Å². The molecule has 0 bridgehead atoms. The summed E-state index contributed by atoms with van der Waals surface area (Å²) in [7, 11) is 0. The molecule has 1 saturated carbocycles. The van der Waals surface area contributed by atoms with Crippen LogP contribution < -0.4 is 10.6 Å². The lowest BCUT2D eigenvalue weighted by molar-refractivity contribution is -0.139. The summed E-state index contributed by atoms with van der Waals surface area (Å²) in [4.78, 5) is 25.9. The largest absolute Gasteiger partial charge is 0.347 e. The van der Waals surface area contributed by atoms with Gasteiger partial charge in [0.05, 0.1) is 6.54 Å². The van der Waals surface area contributed by atoms with Crippen LogP contribution in [-0.2, 0) is 21.5 Å². The number of carbonyl (C=O) groups is 2. The second-order valence-corrected chi connectivity index (χ2v) is 7.18. The van der Waals surface area contributed by atoms with Crippen molar-refractivity contribution < 1.29 is 9.59 Å². The first-order chi connectivity index (χ1) is 10.2. The monoisotopic (exact) mass is 320 g/mol. The molecule has 2 aromatic heterocycles. The van der Waals surface area contributed by atoms with E-state index in [1.54, 1.807) is 22.7 Å². The third-order valence-electron chi connectivity index (χ3n) is 3.69.